The van der Waals surface area contributed by atoms with Gasteiger partial charge in [0.2, 0.25) is 5.95 Å². The van der Waals surface area contributed by atoms with Gasteiger partial charge < -0.3 is 0 Å². The van der Waals surface area contributed by atoms with Crippen LogP contribution in [0.4, 0.5) is 5.95 Å². The molecule has 0 aliphatic rings. The highest BCUT2D eigenvalue weighted by Crippen LogP contribution is 2.25. The Morgan fingerprint density at radius 3 is 1.82 bits per heavy atom. The molecule has 0 saturated heterocycles. The first kappa shape index (κ1) is 18.3. The lowest BCUT2D eigenvalue weighted by atomic mass is 10.1. The summed E-state index contributed by atoms with van der Waals surface area (Å²) in [6.07, 6.45) is 1.78. The van der Waals surface area contributed by atoms with Gasteiger partial charge in [0.15, 0.2) is 0 Å². The van der Waals surface area contributed by atoms with Gasteiger partial charge in [-0.05, 0) is 34.7 Å². The van der Waals surface area contributed by atoms with Gasteiger partial charge in [-0.1, -0.05) is 78.9 Å². The van der Waals surface area contributed by atoms with Gasteiger partial charge in [-0.25, -0.2) is 15.4 Å². The lowest BCUT2D eigenvalue weighted by Gasteiger charge is -2.08. The Labute approximate surface area is 177 Å². The number of aromatic nitrogens is 2. The minimum atomic E-state index is 0.461. The second-order valence-electron chi connectivity index (χ2n) is 6.09. The van der Waals surface area contributed by atoms with Crippen molar-refractivity contribution in [2.24, 2.45) is 5.10 Å². The molecular weight excluding hydrogens is 459 g/mol. The average Bonchev–Trinajstić information content (AvgIpc) is 2.76. The van der Waals surface area contributed by atoms with Gasteiger partial charge in [-0.3, -0.25) is 0 Å². The summed E-state index contributed by atoms with van der Waals surface area (Å²) in [6, 6.07) is 30.2. The maximum atomic E-state index is 4.64. The molecule has 0 amide bonds. The van der Waals surface area contributed by atoms with Crippen LogP contribution in [0.25, 0.3) is 22.5 Å². The molecule has 136 valence electrons. The van der Waals surface area contributed by atoms with Crippen molar-refractivity contribution >= 4 is 34.8 Å². The van der Waals surface area contributed by atoms with Gasteiger partial charge in [0.05, 0.1) is 17.6 Å². The first-order valence-corrected chi connectivity index (χ1v) is 9.91. The van der Waals surface area contributed by atoms with E-state index in [1.807, 2.05) is 91.0 Å². The van der Waals surface area contributed by atoms with Crippen molar-refractivity contribution in [2.75, 3.05) is 5.43 Å². The average molecular weight is 476 g/mol. The molecule has 0 unspecified atom stereocenters. The van der Waals surface area contributed by atoms with Crippen LogP contribution in [0, 0.1) is 3.57 Å². The van der Waals surface area contributed by atoms with Gasteiger partial charge in [0.25, 0.3) is 0 Å². The van der Waals surface area contributed by atoms with Crippen molar-refractivity contribution in [3.05, 3.63) is 100 Å². The molecule has 1 N–H and O–H groups in total. The first-order valence-electron chi connectivity index (χ1n) is 8.83. The third-order valence-electron chi connectivity index (χ3n) is 4.14. The molecule has 28 heavy (non-hydrogen) atoms. The van der Waals surface area contributed by atoms with Crippen molar-refractivity contribution in [3.63, 3.8) is 0 Å². The van der Waals surface area contributed by atoms with Crippen LogP contribution >= 0.6 is 22.6 Å². The Morgan fingerprint density at radius 1 is 0.714 bits per heavy atom. The first-order chi connectivity index (χ1) is 13.8. The molecule has 4 rings (SSSR count). The predicted octanol–water partition coefficient (Wildman–Crippen LogP) is 5.86. The number of benzene rings is 3. The van der Waals surface area contributed by atoms with E-state index < -0.39 is 0 Å². The number of hydrazone groups is 1. The van der Waals surface area contributed by atoms with Crippen LogP contribution in [0.5, 0.6) is 0 Å². The summed E-state index contributed by atoms with van der Waals surface area (Å²) in [5.74, 6) is 0.461. The number of halogens is 1. The zero-order valence-electron chi connectivity index (χ0n) is 15.0. The molecule has 0 aliphatic heterocycles. The van der Waals surface area contributed by atoms with E-state index in [0.29, 0.717) is 5.95 Å². The lowest BCUT2D eigenvalue weighted by Crippen LogP contribution is -2.00. The van der Waals surface area contributed by atoms with Crippen LogP contribution in [0.1, 0.15) is 5.56 Å². The number of hydrogen-bond acceptors (Lipinski definition) is 4. The summed E-state index contributed by atoms with van der Waals surface area (Å²) in [5, 5.41) is 4.34. The summed E-state index contributed by atoms with van der Waals surface area (Å²) in [6.45, 7) is 0. The minimum Gasteiger partial charge on any atom is -0.245 e. The fraction of sp³-hybridized carbons (Fsp3) is 0. The molecule has 1 aromatic heterocycles. The SMILES string of the molecule is Ic1ccccc1/C=N\Nc1nc(-c2ccccc2)cc(-c2ccccc2)n1. The molecule has 0 fully saturated rings. The Bertz CT molecular complexity index is 1040. The van der Waals surface area contributed by atoms with E-state index in [1.165, 1.54) is 0 Å². The van der Waals surface area contributed by atoms with Gasteiger partial charge in [0.1, 0.15) is 0 Å². The molecule has 0 spiro atoms. The summed E-state index contributed by atoms with van der Waals surface area (Å²) < 4.78 is 1.13. The number of rotatable bonds is 5. The van der Waals surface area contributed by atoms with Gasteiger partial charge >= 0.3 is 0 Å². The van der Waals surface area contributed by atoms with E-state index in [2.05, 4.69) is 43.1 Å². The summed E-state index contributed by atoms with van der Waals surface area (Å²) in [4.78, 5) is 9.29. The topological polar surface area (TPSA) is 50.2 Å². The van der Waals surface area contributed by atoms with Crippen LogP contribution in [0.3, 0.4) is 0 Å². The second-order valence-corrected chi connectivity index (χ2v) is 7.25. The number of nitrogens with zero attached hydrogens (tertiary/aromatic N) is 3. The molecular formula is C23H17IN4. The maximum absolute atomic E-state index is 4.64. The summed E-state index contributed by atoms with van der Waals surface area (Å²) in [7, 11) is 0. The van der Waals surface area contributed by atoms with E-state index >= 15 is 0 Å². The Balaban J connectivity index is 1.69. The van der Waals surface area contributed by atoms with Gasteiger partial charge in [-0.2, -0.15) is 5.10 Å². The Morgan fingerprint density at radius 2 is 1.25 bits per heavy atom. The van der Waals surface area contributed by atoms with E-state index in [0.717, 1.165) is 31.6 Å². The Hall–Kier alpha value is -3.06. The van der Waals surface area contributed by atoms with Crippen molar-refractivity contribution in [1.82, 2.24) is 9.97 Å². The highest BCUT2D eigenvalue weighted by Gasteiger charge is 2.08. The molecule has 0 bridgehead atoms. The molecule has 4 aromatic rings. The standard InChI is InChI=1S/C23H17IN4/c24-20-14-8-7-13-19(20)16-25-28-23-26-21(17-9-3-1-4-10-17)15-22(27-23)18-11-5-2-6-12-18/h1-16H,(H,26,27,28)/b25-16-. The van der Waals surface area contributed by atoms with Crippen LogP contribution in [-0.2, 0) is 0 Å². The number of nitrogens with one attached hydrogen (secondary N) is 1. The zero-order chi connectivity index (χ0) is 19.2. The monoisotopic (exact) mass is 476 g/mol. The third kappa shape index (κ3) is 4.43. The zero-order valence-corrected chi connectivity index (χ0v) is 17.1. The van der Waals surface area contributed by atoms with Crippen LogP contribution in [0.15, 0.2) is 96.1 Å². The fourth-order valence-corrected chi connectivity index (χ4v) is 3.28. The quantitative estimate of drug-likeness (QED) is 0.223. The van der Waals surface area contributed by atoms with E-state index in [1.54, 1.807) is 6.21 Å². The second kappa shape index (κ2) is 8.75. The predicted molar refractivity (Wildman–Crippen MR) is 123 cm³/mol. The van der Waals surface area contributed by atoms with Gasteiger partial charge in [-0.15, -0.1) is 0 Å². The molecule has 0 radical (unpaired) electrons. The Kier molecular flexibility index (Phi) is 5.72. The molecule has 1 heterocycles. The van der Waals surface area contributed by atoms with E-state index in [-0.39, 0.29) is 0 Å². The molecule has 5 heteroatoms. The summed E-state index contributed by atoms with van der Waals surface area (Å²) >= 11 is 2.29. The van der Waals surface area contributed by atoms with Crippen LogP contribution in [0.2, 0.25) is 0 Å². The van der Waals surface area contributed by atoms with Crippen LogP contribution in [-0.4, -0.2) is 16.2 Å². The molecule has 3 aromatic carbocycles. The minimum absolute atomic E-state index is 0.461. The highest BCUT2D eigenvalue weighted by atomic mass is 127. The summed E-state index contributed by atoms with van der Waals surface area (Å²) in [5.41, 5.74) is 7.79. The fourth-order valence-electron chi connectivity index (χ4n) is 2.75. The van der Waals surface area contributed by atoms with Crippen molar-refractivity contribution in [3.8, 4) is 22.5 Å². The molecule has 4 nitrogen and oxygen atoms in total. The highest BCUT2D eigenvalue weighted by molar-refractivity contribution is 14.1. The number of hydrogen-bond donors (Lipinski definition) is 1. The normalized spacial score (nSPS) is 10.9. The van der Waals surface area contributed by atoms with Crippen LogP contribution < -0.4 is 5.43 Å². The van der Waals surface area contributed by atoms with E-state index in [4.69, 9.17) is 0 Å². The van der Waals surface area contributed by atoms with Crippen molar-refractivity contribution in [1.29, 1.82) is 0 Å². The largest absolute Gasteiger partial charge is 0.245 e. The smallest absolute Gasteiger partial charge is 0.244 e. The molecule has 0 aliphatic carbocycles. The third-order valence-corrected chi connectivity index (χ3v) is 5.12. The molecule has 0 saturated carbocycles. The molecule has 0 atom stereocenters. The maximum Gasteiger partial charge on any atom is 0.244 e. The van der Waals surface area contributed by atoms with Crippen molar-refractivity contribution < 1.29 is 0 Å². The van der Waals surface area contributed by atoms with E-state index in [9.17, 15) is 0 Å². The van der Waals surface area contributed by atoms with Gasteiger partial charge in [0, 0.05) is 20.3 Å². The number of anilines is 1. The lowest BCUT2D eigenvalue weighted by molar-refractivity contribution is 1.13. The van der Waals surface area contributed by atoms with Crippen molar-refractivity contribution in [2.45, 2.75) is 0 Å².